The molecule has 3 rings (SSSR count). The Bertz CT molecular complexity index is 635. The molecule has 2 heterocycles. The summed E-state index contributed by atoms with van der Waals surface area (Å²) in [6.45, 7) is 3.60. The molecule has 2 aliphatic rings. The highest BCUT2D eigenvalue weighted by molar-refractivity contribution is 8.02. The van der Waals surface area contributed by atoms with Crippen LogP contribution in [0.25, 0.3) is 0 Å². The Morgan fingerprint density at radius 1 is 1.29 bits per heavy atom. The van der Waals surface area contributed by atoms with Crippen LogP contribution in [0.5, 0.6) is 0 Å². The van der Waals surface area contributed by atoms with Gasteiger partial charge in [-0.15, -0.1) is 0 Å². The van der Waals surface area contributed by atoms with Crippen molar-refractivity contribution in [2.45, 2.75) is 49.1 Å². The topological polar surface area (TPSA) is 80.1 Å². The molecule has 7 nitrogen and oxygen atoms in total. The van der Waals surface area contributed by atoms with E-state index in [1.54, 1.807) is 13.8 Å². The molecule has 24 heavy (non-hydrogen) atoms. The third-order valence-corrected chi connectivity index (χ3v) is 4.73. The fraction of sp³-hybridized carbons (Fsp3) is 0.500. The lowest BCUT2D eigenvalue weighted by molar-refractivity contribution is -0.411. The summed E-state index contributed by atoms with van der Waals surface area (Å²) in [5, 5.41) is 11.4. The molecule has 0 radical (unpaired) electrons. The quantitative estimate of drug-likeness (QED) is 0.457. The van der Waals surface area contributed by atoms with Crippen molar-refractivity contribution in [2.24, 2.45) is 0 Å². The lowest BCUT2D eigenvalue weighted by Gasteiger charge is -2.22. The second-order valence-corrected chi connectivity index (χ2v) is 7.04. The van der Waals surface area contributed by atoms with Crippen molar-refractivity contribution in [3.05, 3.63) is 51.6 Å². The molecule has 0 amide bonds. The minimum atomic E-state index is -0.774. The first kappa shape index (κ1) is 17.4. The number of methoxy groups -OCH3 is 1. The van der Waals surface area contributed by atoms with Gasteiger partial charge in [0.15, 0.2) is 12.1 Å². The minimum Gasteiger partial charge on any atom is -0.353 e. The van der Waals surface area contributed by atoms with E-state index in [9.17, 15) is 10.1 Å². The van der Waals surface area contributed by atoms with Gasteiger partial charge in [-0.1, -0.05) is 18.2 Å². The molecule has 1 aromatic rings. The van der Waals surface area contributed by atoms with E-state index < -0.39 is 35.3 Å². The molecule has 2 fully saturated rings. The van der Waals surface area contributed by atoms with E-state index in [-0.39, 0.29) is 5.03 Å². The van der Waals surface area contributed by atoms with Crippen LogP contribution in [0.15, 0.2) is 46.3 Å². The second-order valence-electron chi connectivity index (χ2n) is 5.95. The molecule has 1 aromatic carbocycles. The number of rotatable bonds is 5. The van der Waals surface area contributed by atoms with Gasteiger partial charge in [-0.05, 0) is 37.7 Å². The van der Waals surface area contributed by atoms with Gasteiger partial charge in [0, 0.05) is 18.1 Å². The van der Waals surface area contributed by atoms with Gasteiger partial charge in [0.1, 0.15) is 18.3 Å². The van der Waals surface area contributed by atoms with E-state index in [4.69, 9.17) is 18.9 Å². The number of benzene rings is 1. The highest BCUT2D eigenvalue weighted by Gasteiger charge is 2.55. The maximum Gasteiger partial charge on any atom is 0.306 e. The third-order valence-electron chi connectivity index (χ3n) is 3.73. The maximum absolute atomic E-state index is 11.4. The molecule has 0 aliphatic carbocycles. The molecule has 8 heteroatoms. The highest BCUT2D eigenvalue weighted by Crippen LogP contribution is 2.40. The fourth-order valence-electron chi connectivity index (χ4n) is 2.80. The van der Waals surface area contributed by atoms with Crippen LogP contribution in [-0.4, -0.2) is 42.4 Å². The van der Waals surface area contributed by atoms with Gasteiger partial charge in [0.05, 0.1) is 4.92 Å². The lowest BCUT2D eigenvalue weighted by Crippen LogP contribution is -2.30. The molecule has 0 N–H and O–H groups in total. The Kier molecular flexibility index (Phi) is 4.93. The first-order chi connectivity index (χ1) is 11.4. The average molecular weight is 353 g/mol. The highest BCUT2D eigenvalue weighted by atomic mass is 32.2. The molecule has 0 spiro atoms. The van der Waals surface area contributed by atoms with E-state index in [2.05, 4.69) is 0 Å². The summed E-state index contributed by atoms with van der Waals surface area (Å²) in [5.41, 5.74) is 0. The fourth-order valence-corrected chi connectivity index (χ4v) is 3.61. The standard InChI is InChI=1S/C16H19NO6S/c1-16(2)22-13-11(21-15(20-3)14(13)23-16)9-12(17(18)19)24-10-7-5-4-6-8-10/h4-9,11,13-15H,1-3H3/b12-9-/t11-,13-,14-,15-/m1/s1. The van der Waals surface area contributed by atoms with Gasteiger partial charge >= 0.3 is 5.03 Å². The summed E-state index contributed by atoms with van der Waals surface area (Å²) < 4.78 is 22.6. The molecule has 0 aromatic heterocycles. The lowest BCUT2D eigenvalue weighted by atomic mass is 10.1. The van der Waals surface area contributed by atoms with E-state index in [0.29, 0.717) is 0 Å². The minimum absolute atomic E-state index is 0.0185. The summed E-state index contributed by atoms with van der Waals surface area (Å²) in [4.78, 5) is 11.8. The van der Waals surface area contributed by atoms with Crippen LogP contribution >= 0.6 is 11.8 Å². The van der Waals surface area contributed by atoms with Gasteiger partial charge < -0.3 is 18.9 Å². The Morgan fingerprint density at radius 3 is 2.58 bits per heavy atom. The predicted molar refractivity (Wildman–Crippen MR) is 86.9 cm³/mol. The van der Waals surface area contributed by atoms with Crippen molar-refractivity contribution in [1.82, 2.24) is 0 Å². The van der Waals surface area contributed by atoms with Crippen LogP contribution in [0.3, 0.4) is 0 Å². The number of ether oxygens (including phenoxy) is 4. The molecule has 4 atom stereocenters. The second kappa shape index (κ2) is 6.81. The van der Waals surface area contributed by atoms with Gasteiger partial charge in [0.25, 0.3) is 0 Å². The van der Waals surface area contributed by atoms with Crippen LogP contribution in [0.2, 0.25) is 0 Å². The van der Waals surface area contributed by atoms with E-state index in [1.807, 2.05) is 30.3 Å². The first-order valence-corrected chi connectivity index (χ1v) is 8.34. The molecular weight excluding hydrogens is 334 g/mol. The van der Waals surface area contributed by atoms with Crippen molar-refractivity contribution >= 4 is 11.8 Å². The average Bonchev–Trinajstić information content (AvgIpc) is 3.01. The van der Waals surface area contributed by atoms with Crippen molar-refractivity contribution in [1.29, 1.82) is 0 Å². The van der Waals surface area contributed by atoms with E-state index in [0.717, 1.165) is 16.7 Å². The van der Waals surface area contributed by atoms with Crippen molar-refractivity contribution in [3.8, 4) is 0 Å². The summed E-state index contributed by atoms with van der Waals surface area (Å²) in [6, 6.07) is 9.16. The summed E-state index contributed by atoms with van der Waals surface area (Å²) in [5.74, 6) is -0.774. The number of fused-ring (bicyclic) bond motifs is 1. The zero-order valence-corrected chi connectivity index (χ0v) is 14.4. The van der Waals surface area contributed by atoms with Gasteiger partial charge in [-0.3, -0.25) is 10.1 Å². The molecule has 0 bridgehead atoms. The number of hydrogen-bond donors (Lipinski definition) is 0. The molecule has 130 valence electrons. The SMILES string of the molecule is CO[C@@H]1O[C@H](/C=C(\Sc2ccccc2)[N+](=O)[O-])[C@H]2OC(C)(C)O[C@@H]12. The smallest absolute Gasteiger partial charge is 0.306 e. The first-order valence-electron chi connectivity index (χ1n) is 7.52. The Morgan fingerprint density at radius 2 is 1.96 bits per heavy atom. The Hall–Kier alpha value is -1.45. The maximum atomic E-state index is 11.4. The van der Waals surface area contributed by atoms with Crippen LogP contribution in [-0.2, 0) is 18.9 Å². The van der Waals surface area contributed by atoms with Crippen LogP contribution in [0.1, 0.15) is 13.8 Å². The van der Waals surface area contributed by atoms with E-state index >= 15 is 0 Å². The zero-order valence-electron chi connectivity index (χ0n) is 13.6. The summed E-state index contributed by atoms with van der Waals surface area (Å²) >= 11 is 1.07. The number of nitro groups is 1. The molecule has 0 unspecified atom stereocenters. The number of nitrogens with zero attached hydrogens (tertiary/aromatic N) is 1. The van der Waals surface area contributed by atoms with Crippen molar-refractivity contribution in [2.75, 3.05) is 7.11 Å². The molecule has 2 saturated heterocycles. The number of thioether (sulfide) groups is 1. The Balaban J connectivity index is 1.83. The zero-order chi connectivity index (χ0) is 17.3. The number of hydrogen-bond acceptors (Lipinski definition) is 7. The van der Waals surface area contributed by atoms with E-state index in [1.165, 1.54) is 13.2 Å². The van der Waals surface area contributed by atoms with Crippen LogP contribution in [0.4, 0.5) is 0 Å². The summed E-state index contributed by atoms with van der Waals surface area (Å²) in [7, 11) is 1.51. The third kappa shape index (κ3) is 3.62. The predicted octanol–water partition coefficient (Wildman–Crippen LogP) is 2.79. The monoisotopic (exact) mass is 353 g/mol. The van der Waals surface area contributed by atoms with Crippen molar-refractivity contribution < 1.29 is 23.9 Å². The molecule has 0 saturated carbocycles. The summed E-state index contributed by atoms with van der Waals surface area (Å²) in [6.07, 6.45) is -0.623. The normalized spacial score (nSPS) is 31.9. The Labute approximate surface area is 144 Å². The van der Waals surface area contributed by atoms with Crippen LogP contribution in [0, 0.1) is 10.1 Å². The van der Waals surface area contributed by atoms with Gasteiger partial charge in [0.2, 0.25) is 0 Å². The molecule has 2 aliphatic heterocycles. The van der Waals surface area contributed by atoms with Crippen LogP contribution < -0.4 is 0 Å². The largest absolute Gasteiger partial charge is 0.353 e. The van der Waals surface area contributed by atoms with Gasteiger partial charge in [-0.2, -0.15) is 0 Å². The van der Waals surface area contributed by atoms with Crippen molar-refractivity contribution in [3.63, 3.8) is 0 Å². The molecular formula is C16H19NO6S. The van der Waals surface area contributed by atoms with Gasteiger partial charge in [-0.25, -0.2) is 0 Å².